The molecule has 92 valence electrons. The van der Waals surface area contributed by atoms with Crippen LogP contribution < -0.4 is 11.1 Å². The molecular formula is C11H14ClN3O2. The summed E-state index contributed by atoms with van der Waals surface area (Å²) in [6.07, 6.45) is 0. The Labute approximate surface area is 105 Å². The van der Waals surface area contributed by atoms with Gasteiger partial charge in [-0.05, 0) is 19.2 Å². The molecule has 0 heterocycles. The van der Waals surface area contributed by atoms with Gasteiger partial charge in [-0.15, -0.1) is 0 Å². The zero-order chi connectivity index (χ0) is 12.8. The van der Waals surface area contributed by atoms with Gasteiger partial charge in [0.1, 0.15) is 0 Å². The van der Waals surface area contributed by atoms with Gasteiger partial charge in [0.25, 0.3) is 0 Å². The van der Waals surface area contributed by atoms with Crippen molar-refractivity contribution in [1.29, 1.82) is 0 Å². The summed E-state index contributed by atoms with van der Waals surface area (Å²) in [5.41, 5.74) is 5.56. The number of anilines is 1. The maximum Gasteiger partial charge on any atom is 0.238 e. The number of amides is 2. The zero-order valence-corrected chi connectivity index (χ0v) is 10.2. The highest BCUT2D eigenvalue weighted by Crippen LogP contribution is 2.20. The molecular weight excluding hydrogens is 242 g/mol. The fourth-order valence-electron chi connectivity index (χ4n) is 1.32. The first-order valence-corrected chi connectivity index (χ1v) is 5.38. The Morgan fingerprint density at radius 1 is 1.35 bits per heavy atom. The summed E-state index contributed by atoms with van der Waals surface area (Å²) in [4.78, 5) is 23.7. The van der Waals surface area contributed by atoms with Crippen LogP contribution in [0.2, 0.25) is 5.02 Å². The van der Waals surface area contributed by atoms with Gasteiger partial charge in [0.15, 0.2) is 0 Å². The smallest absolute Gasteiger partial charge is 0.238 e. The number of carbonyl (C=O) groups excluding carboxylic acids is 2. The molecule has 0 aliphatic rings. The van der Waals surface area contributed by atoms with Crippen LogP contribution >= 0.6 is 11.6 Å². The molecule has 5 nitrogen and oxygen atoms in total. The highest BCUT2D eigenvalue weighted by molar-refractivity contribution is 6.33. The lowest BCUT2D eigenvalue weighted by Crippen LogP contribution is -2.36. The third kappa shape index (κ3) is 4.84. The van der Waals surface area contributed by atoms with E-state index in [1.165, 1.54) is 4.90 Å². The van der Waals surface area contributed by atoms with Crippen LogP contribution in [0, 0.1) is 0 Å². The number of nitrogens with two attached hydrogens (primary N) is 1. The number of rotatable bonds is 5. The number of nitrogens with one attached hydrogen (secondary N) is 1. The molecule has 0 aliphatic carbocycles. The highest BCUT2D eigenvalue weighted by atomic mass is 35.5. The quantitative estimate of drug-likeness (QED) is 0.813. The summed E-state index contributed by atoms with van der Waals surface area (Å²) in [6.45, 7) is 0.115. The van der Waals surface area contributed by atoms with E-state index in [4.69, 9.17) is 17.3 Å². The van der Waals surface area contributed by atoms with Crippen LogP contribution in [0.4, 0.5) is 5.69 Å². The number of halogens is 1. The molecule has 1 rings (SSSR count). The second kappa shape index (κ2) is 6.22. The van der Waals surface area contributed by atoms with Crippen molar-refractivity contribution < 1.29 is 9.59 Å². The van der Waals surface area contributed by atoms with Gasteiger partial charge in [-0.3, -0.25) is 14.5 Å². The highest BCUT2D eigenvalue weighted by Gasteiger charge is 2.09. The van der Waals surface area contributed by atoms with E-state index in [1.807, 2.05) is 0 Å². The molecule has 3 N–H and O–H groups in total. The first-order valence-electron chi connectivity index (χ1n) is 5.00. The Balaban J connectivity index is 2.50. The van der Waals surface area contributed by atoms with E-state index < -0.39 is 5.91 Å². The predicted molar refractivity (Wildman–Crippen MR) is 66.8 cm³/mol. The molecule has 0 aromatic heterocycles. The van der Waals surface area contributed by atoms with Crippen LogP contribution in [0.25, 0.3) is 0 Å². The lowest BCUT2D eigenvalue weighted by atomic mass is 10.3. The van der Waals surface area contributed by atoms with Gasteiger partial charge in [-0.2, -0.15) is 0 Å². The lowest BCUT2D eigenvalue weighted by molar-refractivity contribution is -0.120. The van der Waals surface area contributed by atoms with Crippen LogP contribution in [0.3, 0.4) is 0 Å². The van der Waals surface area contributed by atoms with Gasteiger partial charge in [-0.1, -0.05) is 23.7 Å². The number of nitrogens with zero attached hydrogens (tertiary/aromatic N) is 1. The monoisotopic (exact) mass is 255 g/mol. The van der Waals surface area contributed by atoms with E-state index in [-0.39, 0.29) is 19.0 Å². The summed E-state index contributed by atoms with van der Waals surface area (Å²) < 4.78 is 0. The third-order valence-corrected chi connectivity index (χ3v) is 2.32. The van der Waals surface area contributed by atoms with E-state index in [2.05, 4.69) is 5.32 Å². The van der Waals surface area contributed by atoms with E-state index in [0.29, 0.717) is 10.7 Å². The minimum atomic E-state index is -0.474. The topological polar surface area (TPSA) is 75.4 Å². The van der Waals surface area contributed by atoms with Gasteiger partial charge in [-0.25, -0.2) is 0 Å². The molecule has 0 radical (unpaired) electrons. The first kappa shape index (κ1) is 13.5. The Morgan fingerprint density at radius 2 is 2.00 bits per heavy atom. The van der Waals surface area contributed by atoms with Gasteiger partial charge in [0.05, 0.1) is 23.8 Å². The second-order valence-corrected chi connectivity index (χ2v) is 4.07. The zero-order valence-electron chi connectivity index (χ0n) is 9.44. The van der Waals surface area contributed by atoms with Crippen molar-refractivity contribution in [3.05, 3.63) is 29.3 Å². The largest absolute Gasteiger partial charge is 0.369 e. The summed E-state index contributed by atoms with van der Waals surface area (Å²) >= 11 is 5.89. The lowest BCUT2D eigenvalue weighted by Gasteiger charge is -2.14. The molecule has 17 heavy (non-hydrogen) atoms. The number of likely N-dealkylation sites (N-methyl/N-ethyl adjacent to an activating group) is 1. The van der Waals surface area contributed by atoms with Crippen molar-refractivity contribution in [2.75, 3.05) is 25.5 Å². The van der Waals surface area contributed by atoms with Gasteiger partial charge in [0, 0.05) is 0 Å². The number of hydrogen-bond acceptors (Lipinski definition) is 3. The van der Waals surface area contributed by atoms with E-state index >= 15 is 0 Å². The number of carbonyl (C=O) groups is 2. The van der Waals surface area contributed by atoms with Crippen LogP contribution in [0.15, 0.2) is 24.3 Å². The molecule has 0 saturated carbocycles. The predicted octanol–water partition coefficient (Wildman–Crippen LogP) is 0.696. The standard InChI is InChI=1S/C11H14ClN3O2/c1-15(6-10(13)16)7-11(17)14-9-5-3-2-4-8(9)12/h2-5H,6-7H2,1H3,(H2,13,16)(H,14,17). The summed E-state index contributed by atoms with van der Waals surface area (Å²) in [6, 6.07) is 6.93. The van der Waals surface area contributed by atoms with E-state index in [9.17, 15) is 9.59 Å². The molecule has 6 heteroatoms. The van der Waals surface area contributed by atoms with Crippen molar-refractivity contribution >= 4 is 29.1 Å². The van der Waals surface area contributed by atoms with Crippen molar-refractivity contribution in [2.45, 2.75) is 0 Å². The van der Waals surface area contributed by atoms with Gasteiger partial charge >= 0.3 is 0 Å². The summed E-state index contributed by atoms with van der Waals surface area (Å²) in [7, 11) is 1.64. The minimum absolute atomic E-state index is 0.0376. The average molecular weight is 256 g/mol. The number of benzene rings is 1. The van der Waals surface area contributed by atoms with Gasteiger partial charge in [0.2, 0.25) is 11.8 Å². The minimum Gasteiger partial charge on any atom is -0.369 e. The number of para-hydroxylation sites is 1. The Kier molecular flexibility index (Phi) is 4.93. The Hall–Kier alpha value is -1.59. The SMILES string of the molecule is CN(CC(N)=O)CC(=O)Nc1ccccc1Cl. The van der Waals surface area contributed by atoms with Crippen molar-refractivity contribution in [2.24, 2.45) is 5.73 Å². The summed E-state index contributed by atoms with van der Waals surface area (Å²) in [5.74, 6) is -0.722. The van der Waals surface area contributed by atoms with Crippen molar-refractivity contribution in [1.82, 2.24) is 4.90 Å². The van der Waals surface area contributed by atoms with Crippen LogP contribution in [-0.4, -0.2) is 36.9 Å². The van der Waals surface area contributed by atoms with E-state index in [0.717, 1.165) is 0 Å². The second-order valence-electron chi connectivity index (χ2n) is 3.67. The molecule has 0 saturated heterocycles. The van der Waals surface area contributed by atoms with Crippen molar-refractivity contribution in [3.8, 4) is 0 Å². The molecule has 0 fully saturated rings. The van der Waals surface area contributed by atoms with Gasteiger partial charge < -0.3 is 11.1 Å². The fraction of sp³-hybridized carbons (Fsp3) is 0.273. The molecule has 1 aromatic carbocycles. The molecule has 0 atom stereocenters. The normalized spacial score (nSPS) is 10.3. The summed E-state index contributed by atoms with van der Waals surface area (Å²) in [5, 5.41) is 3.12. The Bertz CT molecular complexity index is 423. The van der Waals surface area contributed by atoms with E-state index in [1.54, 1.807) is 31.3 Å². The molecule has 2 amide bonds. The first-order chi connectivity index (χ1) is 7.99. The van der Waals surface area contributed by atoms with Crippen LogP contribution in [-0.2, 0) is 9.59 Å². The molecule has 1 aromatic rings. The Morgan fingerprint density at radius 3 is 2.59 bits per heavy atom. The van der Waals surface area contributed by atoms with Crippen LogP contribution in [0.5, 0.6) is 0 Å². The third-order valence-electron chi connectivity index (χ3n) is 1.99. The number of primary amides is 1. The fourth-order valence-corrected chi connectivity index (χ4v) is 1.50. The maximum absolute atomic E-state index is 11.6. The van der Waals surface area contributed by atoms with Crippen LogP contribution in [0.1, 0.15) is 0 Å². The van der Waals surface area contributed by atoms with Crippen molar-refractivity contribution in [3.63, 3.8) is 0 Å². The average Bonchev–Trinajstić information content (AvgIpc) is 2.19. The molecule has 0 spiro atoms. The number of hydrogen-bond donors (Lipinski definition) is 2. The molecule has 0 aliphatic heterocycles. The maximum atomic E-state index is 11.6. The molecule has 0 unspecified atom stereocenters. The molecule has 0 bridgehead atoms.